The van der Waals surface area contributed by atoms with Gasteiger partial charge in [0.05, 0.1) is 13.0 Å². The summed E-state index contributed by atoms with van der Waals surface area (Å²) in [7, 11) is 1.62. The topological polar surface area (TPSA) is 42.1 Å². The fraction of sp³-hybridized carbons (Fsp3) is 0.154. The number of rotatable bonds is 4. The third kappa shape index (κ3) is 2.34. The number of allylic oxidation sites excluding steroid dienone is 1. The number of fused-ring (bicyclic) bond motifs is 1. The number of carbonyl (C=O) groups excluding carboxylic acids is 1. The van der Waals surface area contributed by atoms with Crippen LogP contribution in [0.15, 0.2) is 30.5 Å². The molecule has 4 heteroatoms. The van der Waals surface area contributed by atoms with Crippen molar-refractivity contribution in [2.24, 2.45) is 0 Å². The van der Waals surface area contributed by atoms with E-state index in [1.807, 2.05) is 24.4 Å². The Morgan fingerprint density at radius 1 is 1.53 bits per heavy atom. The maximum Gasteiger partial charge on any atom is 0.170 e. The smallest absolute Gasteiger partial charge is 0.170 e. The molecule has 1 aromatic heterocycles. The predicted molar refractivity (Wildman–Crippen MR) is 69.6 cm³/mol. The Balaban J connectivity index is 2.48. The van der Waals surface area contributed by atoms with Gasteiger partial charge in [0.15, 0.2) is 5.78 Å². The van der Waals surface area contributed by atoms with Gasteiger partial charge >= 0.3 is 0 Å². The molecule has 0 aliphatic heterocycles. The Morgan fingerprint density at radius 3 is 3.06 bits per heavy atom. The second-order valence-electron chi connectivity index (χ2n) is 3.56. The number of hydrogen-bond donors (Lipinski definition) is 1. The van der Waals surface area contributed by atoms with E-state index in [0.717, 1.165) is 22.2 Å². The van der Waals surface area contributed by atoms with E-state index in [9.17, 15) is 4.79 Å². The molecule has 0 bridgehead atoms. The first-order chi connectivity index (χ1) is 8.26. The summed E-state index contributed by atoms with van der Waals surface area (Å²) >= 11 is 5.44. The van der Waals surface area contributed by atoms with Gasteiger partial charge in [0.2, 0.25) is 0 Å². The minimum Gasteiger partial charge on any atom is -0.496 e. The molecule has 0 aliphatic rings. The molecule has 1 N–H and O–H groups in total. The van der Waals surface area contributed by atoms with Crippen LogP contribution in [0.25, 0.3) is 17.0 Å². The lowest BCUT2D eigenvalue weighted by Gasteiger charge is -2.01. The molecule has 1 aromatic carbocycles. The Morgan fingerprint density at radius 2 is 2.35 bits per heavy atom. The Kier molecular flexibility index (Phi) is 3.49. The molecular formula is C13H12ClNO2. The van der Waals surface area contributed by atoms with E-state index < -0.39 is 0 Å². The molecule has 1 heterocycles. The van der Waals surface area contributed by atoms with Crippen LogP contribution in [0, 0.1) is 0 Å². The van der Waals surface area contributed by atoms with Crippen LogP contribution in [0.1, 0.15) is 5.56 Å². The largest absolute Gasteiger partial charge is 0.496 e. The van der Waals surface area contributed by atoms with Gasteiger partial charge in [0.1, 0.15) is 5.75 Å². The molecule has 0 saturated carbocycles. The van der Waals surface area contributed by atoms with Crippen molar-refractivity contribution >= 4 is 34.4 Å². The molecule has 0 aliphatic carbocycles. The van der Waals surface area contributed by atoms with E-state index in [1.54, 1.807) is 13.2 Å². The van der Waals surface area contributed by atoms with Gasteiger partial charge < -0.3 is 9.72 Å². The number of carbonyl (C=O) groups is 1. The van der Waals surface area contributed by atoms with Crippen molar-refractivity contribution in [1.29, 1.82) is 0 Å². The highest BCUT2D eigenvalue weighted by Gasteiger charge is 2.06. The molecule has 2 aromatic rings. The first kappa shape index (κ1) is 11.7. The standard InChI is InChI=1S/C13H12ClNO2/c1-17-12-4-2-3-11-13(12)9(8-15-11)5-6-10(16)7-14/h2-6,8,15H,7H2,1H3/b6-5+. The average Bonchev–Trinajstić information content (AvgIpc) is 2.79. The first-order valence-electron chi connectivity index (χ1n) is 5.17. The fourth-order valence-electron chi connectivity index (χ4n) is 1.71. The highest BCUT2D eigenvalue weighted by atomic mass is 35.5. The zero-order valence-electron chi connectivity index (χ0n) is 9.37. The van der Waals surface area contributed by atoms with Gasteiger partial charge in [-0.1, -0.05) is 6.07 Å². The Hall–Kier alpha value is -1.74. The van der Waals surface area contributed by atoms with E-state index in [0.29, 0.717) is 0 Å². The van der Waals surface area contributed by atoms with Gasteiger partial charge in [-0.05, 0) is 24.3 Å². The van der Waals surface area contributed by atoms with Crippen LogP contribution in [0.4, 0.5) is 0 Å². The number of nitrogens with one attached hydrogen (secondary N) is 1. The van der Waals surface area contributed by atoms with E-state index in [-0.39, 0.29) is 11.7 Å². The number of aromatic amines is 1. The van der Waals surface area contributed by atoms with Gasteiger partial charge in [-0.2, -0.15) is 0 Å². The number of aromatic nitrogens is 1. The molecule has 0 unspecified atom stereocenters. The summed E-state index contributed by atoms with van der Waals surface area (Å²) in [5, 5.41) is 0.966. The summed E-state index contributed by atoms with van der Waals surface area (Å²) in [5.74, 6) is 0.661. The summed E-state index contributed by atoms with van der Waals surface area (Å²) in [5.41, 5.74) is 1.89. The van der Waals surface area contributed by atoms with Crippen molar-refractivity contribution in [1.82, 2.24) is 4.98 Å². The van der Waals surface area contributed by atoms with E-state index >= 15 is 0 Å². The second-order valence-corrected chi connectivity index (χ2v) is 3.83. The second kappa shape index (κ2) is 5.06. The van der Waals surface area contributed by atoms with Crippen molar-refractivity contribution in [3.05, 3.63) is 36.0 Å². The van der Waals surface area contributed by atoms with Crippen molar-refractivity contribution in [3.8, 4) is 5.75 Å². The van der Waals surface area contributed by atoms with Gasteiger partial charge in [-0.25, -0.2) is 0 Å². The third-order valence-corrected chi connectivity index (χ3v) is 2.76. The van der Waals surface area contributed by atoms with Crippen LogP contribution in [0.5, 0.6) is 5.75 Å². The minimum atomic E-state index is -0.115. The highest BCUT2D eigenvalue weighted by molar-refractivity contribution is 6.29. The quantitative estimate of drug-likeness (QED) is 0.669. The van der Waals surface area contributed by atoms with Crippen LogP contribution >= 0.6 is 11.6 Å². The number of hydrogen-bond acceptors (Lipinski definition) is 2. The highest BCUT2D eigenvalue weighted by Crippen LogP contribution is 2.29. The van der Waals surface area contributed by atoms with E-state index in [1.165, 1.54) is 6.08 Å². The first-order valence-corrected chi connectivity index (χ1v) is 5.70. The monoisotopic (exact) mass is 249 g/mol. The molecule has 0 amide bonds. The van der Waals surface area contributed by atoms with Crippen LogP contribution in [-0.4, -0.2) is 23.8 Å². The number of benzene rings is 1. The summed E-state index contributed by atoms with van der Waals surface area (Å²) in [6.45, 7) is 0. The van der Waals surface area contributed by atoms with Crippen molar-refractivity contribution < 1.29 is 9.53 Å². The zero-order chi connectivity index (χ0) is 12.3. The molecule has 17 heavy (non-hydrogen) atoms. The van der Waals surface area contributed by atoms with E-state index in [4.69, 9.17) is 16.3 Å². The molecule has 3 nitrogen and oxygen atoms in total. The number of H-pyrrole nitrogens is 1. The van der Waals surface area contributed by atoms with Gasteiger partial charge in [-0.3, -0.25) is 4.79 Å². The molecular weight excluding hydrogens is 238 g/mol. The number of ketones is 1. The summed E-state index contributed by atoms with van der Waals surface area (Å²) in [6.07, 6.45) is 5.05. The number of alkyl halides is 1. The van der Waals surface area contributed by atoms with E-state index in [2.05, 4.69) is 4.98 Å². The van der Waals surface area contributed by atoms with Crippen molar-refractivity contribution in [3.63, 3.8) is 0 Å². The summed E-state index contributed by atoms with van der Waals surface area (Å²) < 4.78 is 5.29. The fourth-order valence-corrected chi connectivity index (χ4v) is 1.79. The summed E-state index contributed by atoms with van der Waals surface area (Å²) in [6, 6.07) is 5.75. The maximum absolute atomic E-state index is 11.1. The van der Waals surface area contributed by atoms with Gasteiger partial charge in [0, 0.05) is 22.7 Å². The number of ether oxygens (including phenoxy) is 1. The lowest BCUT2D eigenvalue weighted by atomic mass is 10.1. The Bertz CT molecular complexity index is 572. The number of methoxy groups -OCH3 is 1. The molecule has 0 atom stereocenters. The average molecular weight is 250 g/mol. The predicted octanol–water partition coefficient (Wildman–Crippen LogP) is 3.00. The minimum absolute atomic E-state index is 0.00398. The SMILES string of the molecule is COc1cccc2[nH]cc(/C=C/C(=O)CCl)c12. The van der Waals surface area contributed by atoms with Crippen LogP contribution in [0.2, 0.25) is 0 Å². The lowest BCUT2D eigenvalue weighted by molar-refractivity contribution is -0.112. The summed E-state index contributed by atoms with van der Waals surface area (Å²) in [4.78, 5) is 14.3. The molecule has 0 fully saturated rings. The molecule has 0 radical (unpaired) electrons. The van der Waals surface area contributed by atoms with Crippen molar-refractivity contribution in [2.75, 3.05) is 13.0 Å². The lowest BCUT2D eigenvalue weighted by Crippen LogP contribution is -1.91. The van der Waals surface area contributed by atoms with Crippen LogP contribution < -0.4 is 4.74 Å². The Labute approximate surface area is 104 Å². The van der Waals surface area contributed by atoms with Crippen molar-refractivity contribution in [2.45, 2.75) is 0 Å². The number of halogens is 1. The molecule has 0 spiro atoms. The molecule has 0 saturated heterocycles. The molecule has 88 valence electrons. The maximum atomic E-state index is 11.1. The van der Waals surface area contributed by atoms with Gasteiger partial charge in [0.25, 0.3) is 0 Å². The van der Waals surface area contributed by atoms with Gasteiger partial charge in [-0.15, -0.1) is 11.6 Å². The normalized spacial score (nSPS) is 11.2. The third-order valence-electron chi connectivity index (χ3n) is 2.50. The molecule has 2 rings (SSSR count). The zero-order valence-corrected chi connectivity index (χ0v) is 10.1. The van der Waals surface area contributed by atoms with Crippen LogP contribution in [-0.2, 0) is 4.79 Å². The van der Waals surface area contributed by atoms with Crippen LogP contribution in [0.3, 0.4) is 0 Å².